The molecule has 1 fully saturated rings. The van der Waals surface area contributed by atoms with Crippen molar-refractivity contribution in [2.24, 2.45) is 5.92 Å². The zero-order valence-corrected chi connectivity index (χ0v) is 10.9. The Morgan fingerprint density at radius 1 is 1.29 bits per heavy atom. The Morgan fingerprint density at radius 2 is 1.82 bits per heavy atom. The van der Waals surface area contributed by atoms with Gasteiger partial charge in [0.05, 0.1) is 6.61 Å². The van der Waals surface area contributed by atoms with Gasteiger partial charge in [-0.2, -0.15) is 0 Å². The first-order valence-corrected chi connectivity index (χ1v) is 6.14. The van der Waals surface area contributed by atoms with E-state index in [-0.39, 0.29) is 12.0 Å². The topological polar surface area (TPSA) is 37.3 Å². The molecule has 1 aliphatic rings. The maximum absolute atomic E-state index is 10.2. The Balaban J connectivity index is 0.000000202. The molecule has 0 aliphatic heterocycles. The van der Waals surface area contributed by atoms with Gasteiger partial charge in [0.1, 0.15) is 5.78 Å². The van der Waals surface area contributed by atoms with E-state index in [1.165, 1.54) is 5.56 Å². The number of rotatable bonds is 3. The highest BCUT2D eigenvalue weighted by atomic mass is 16.3. The van der Waals surface area contributed by atoms with Crippen LogP contribution in [0, 0.1) is 5.92 Å². The molecule has 0 saturated heterocycles. The van der Waals surface area contributed by atoms with Crippen LogP contribution in [0.15, 0.2) is 30.3 Å². The van der Waals surface area contributed by atoms with Crippen molar-refractivity contribution in [1.82, 2.24) is 0 Å². The summed E-state index contributed by atoms with van der Waals surface area (Å²) in [4.78, 5) is 10.2. The summed E-state index contributed by atoms with van der Waals surface area (Å²) in [6, 6.07) is 10.0. The lowest BCUT2D eigenvalue weighted by Gasteiger charge is -2.21. The lowest BCUT2D eigenvalue weighted by atomic mass is 9.86. The van der Waals surface area contributed by atoms with E-state index in [2.05, 4.69) is 0 Å². The average Bonchev–Trinajstić information content (AvgIpc) is 3.15. The predicted molar refractivity (Wildman–Crippen MR) is 70.0 cm³/mol. The molecule has 0 bridgehead atoms. The van der Waals surface area contributed by atoms with Crippen LogP contribution in [0.1, 0.15) is 39.2 Å². The number of hydrogen-bond acceptors (Lipinski definition) is 2. The highest BCUT2D eigenvalue weighted by molar-refractivity contribution is 5.80. The molecule has 0 radical (unpaired) electrons. The van der Waals surface area contributed by atoms with E-state index in [1.807, 2.05) is 44.2 Å². The van der Waals surface area contributed by atoms with E-state index < -0.39 is 0 Å². The van der Waals surface area contributed by atoms with E-state index >= 15 is 0 Å². The van der Waals surface area contributed by atoms with Crippen LogP contribution in [0.4, 0.5) is 0 Å². The molecule has 1 aromatic rings. The van der Waals surface area contributed by atoms with Crippen molar-refractivity contribution in [2.45, 2.75) is 39.0 Å². The molecule has 0 atom stereocenters. The Hall–Kier alpha value is -1.15. The maximum atomic E-state index is 10.2. The molecule has 94 valence electrons. The van der Waals surface area contributed by atoms with E-state index in [1.54, 1.807) is 6.92 Å². The standard InChI is InChI=1S/C10H14O.C5H8O/c1-10(2,8-11)9-6-4-3-5-7-9;1-4(6)5-2-3-5/h3-7,11H,8H2,1-2H3;5H,2-3H2,1H3. The largest absolute Gasteiger partial charge is 0.395 e. The van der Waals surface area contributed by atoms with Crippen LogP contribution in [0.2, 0.25) is 0 Å². The van der Waals surface area contributed by atoms with Crippen molar-refractivity contribution < 1.29 is 9.90 Å². The summed E-state index contributed by atoms with van der Waals surface area (Å²) < 4.78 is 0. The second-order valence-electron chi connectivity index (χ2n) is 5.29. The van der Waals surface area contributed by atoms with Gasteiger partial charge in [-0.05, 0) is 25.3 Å². The van der Waals surface area contributed by atoms with E-state index in [0.29, 0.717) is 11.7 Å². The number of carbonyl (C=O) groups excluding carboxylic acids is 1. The van der Waals surface area contributed by atoms with Crippen LogP contribution in [0.5, 0.6) is 0 Å². The summed E-state index contributed by atoms with van der Waals surface area (Å²) in [6.07, 6.45) is 2.30. The smallest absolute Gasteiger partial charge is 0.132 e. The summed E-state index contributed by atoms with van der Waals surface area (Å²) in [5.41, 5.74) is 1.07. The minimum Gasteiger partial charge on any atom is -0.395 e. The fourth-order valence-electron chi connectivity index (χ4n) is 1.47. The van der Waals surface area contributed by atoms with Gasteiger partial charge in [0.15, 0.2) is 0 Å². The minimum atomic E-state index is -0.110. The average molecular weight is 234 g/mol. The quantitative estimate of drug-likeness (QED) is 0.873. The third-order valence-electron chi connectivity index (χ3n) is 3.10. The molecule has 2 heteroatoms. The molecular formula is C15H22O2. The molecule has 2 rings (SSSR count). The zero-order chi connectivity index (χ0) is 12.9. The van der Waals surface area contributed by atoms with E-state index in [4.69, 9.17) is 5.11 Å². The van der Waals surface area contributed by atoms with Crippen molar-refractivity contribution in [3.05, 3.63) is 35.9 Å². The number of aliphatic hydroxyl groups is 1. The second-order valence-corrected chi connectivity index (χ2v) is 5.29. The lowest BCUT2D eigenvalue weighted by molar-refractivity contribution is -0.118. The van der Waals surface area contributed by atoms with Crippen LogP contribution in [-0.2, 0) is 10.2 Å². The molecule has 1 saturated carbocycles. The molecule has 1 N–H and O–H groups in total. The molecule has 0 amide bonds. The number of ketones is 1. The highest BCUT2D eigenvalue weighted by Gasteiger charge is 2.25. The first-order chi connectivity index (χ1) is 7.97. The molecule has 0 aromatic heterocycles. The number of benzene rings is 1. The molecule has 17 heavy (non-hydrogen) atoms. The van der Waals surface area contributed by atoms with Crippen molar-refractivity contribution in [3.63, 3.8) is 0 Å². The van der Waals surface area contributed by atoms with E-state index in [9.17, 15) is 4.79 Å². The molecule has 1 aliphatic carbocycles. The first-order valence-electron chi connectivity index (χ1n) is 6.14. The van der Waals surface area contributed by atoms with Crippen LogP contribution in [0.25, 0.3) is 0 Å². The molecule has 2 nitrogen and oxygen atoms in total. The zero-order valence-electron chi connectivity index (χ0n) is 10.9. The Morgan fingerprint density at radius 3 is 2.12 bits per heavy atom. The third-order valence-corrected chi connectivity index (χ3v) is 3.10. The van der Waals surface area contributed by atoms with Crippen LogP contribution in [0.3, 0.4) is 0 Å². The highest BCUT2D eigenvalue weighted by Crippen LogP contribution is 2.29. The summed E-state index contributed by atoms with van der Waals surface area (Å²) in [5.74, 6) is 0.833. The predicted octanol–water partition coefficient (Wildman–Crippen LogP) is 2.94. The number of aliphatic hydroxyl groups excluding tert-OH is 1. The van der Waals surface area contributed by atoms with Crippen molar-refractivity contribution >= 4 is 5.78 Å². The van der Waals surface area contributed by atoms with Gasteiger partial charge in [0.25, 0.3) is 0 Å². The van der Waals surface area contributed by atoms with E-state index in [0.717, 1.165) is 12.8 Å². The van der Waals surface area contributed by atoms with Crippen LogP contribution in [-0.4, -0.2) is 17.5 Å². The molecule has 0 spiro atoms. The summed E-state index contributed by atoms with van der Waals surface area (Å²) >= 11 is 0. The Kier molecular flexibility index (Phi) is 4.88. The molecule has 0 heterocycles. The van der Waals surface area contributed by atoms with Gasteiger partial charge < -0.3 is 5.11 Å². The normalized spacial score (nSPS) is 14.8. The van der Waals surface area contributed by atoms with Crippen molar-refractivity contribution in [2.75, 3.05) is 6.61 Å². The molecule has 1 aromatic carbocycles. The number of hydrogen-bond donors (Lipinski definition) is 1. The van der Waals surface area contributed by atoms with Crippen molar-refractivity contribution in [1.29, 1.82) is 0 Å². The van der Waals surface area contributed by atoms with Crippen LogP contribution < -0.4 is 0 Å². The third kappa shape index (κ3) is 4.70. The van der Waals surface area contributed by atoms with Gasteiger partial charge >= 0.3 is 0 Å². The molecule has 0 unspecified atom stereocenters. The SMILES string of the molecule is CC(=O)C1CC1.CC(C)(CO)c1ccccc1. The van der Waals surface area contributed by atoms with Gasteiger partial charge in [-0.25, -0.2) is 0 Å². The van der Waals surface area contributed by atoms with Gasteiger partial charge in [0, 0.05) is 11.3 Å². The lowest BCUT2D eigenvalue weighted by Crippen LogP contribution is -2.21. The first kappa shape index (κ1) is 13.9. The second kappa shape index (κ2) is 5.97. The number of Topliss-reactive ketones (excluding diaryl/α,β-unsaturated/α-hetero) is 1. The van der Waals surface area contributed by atoms with Crippen LogP contribution >= 0.6 is 0 Å². The Labute approximate surface area is 104 Å². The van der Waals surface area contributed by atoms with Gasteiger partial charge in [0.2, 0.25) is 0 Å². The van der Waals surface area contributed by atoms with Gasteiger partial charge in [-0.1, -0.05) is 44.2 Å². The summed E-state index contributed by atoms with van der Waals surface area (Å²) in [7, 11) is 0. The van der Waals surface area contributed by atoms with Gasteiger partial charge in [-0.15, -0.1) is 0 Å². The maximum Gasteiger partial charge on any atom is 0.132 e. The summed E-state index contributed by atoms with van der Waals surface area (Å²) in [6.45, 7) is 5.92. The fourth-order valence-corrected chi connectivity index (χ4v) is 1.47. The monoisotopic (exact) mass is 234 g/mol. The Bertz CT molecular complexity index is 350. The fraction of sp³-hybridized carbons (Fsp3) is 0.533. The number of carbonyl (C=O) groups is 1. The van der Waals surface area contributed by atoms with Gasteiger partial charge in [-0.3, -0.25) is 4.79 Å². The van der Waals surface area contributed by atoms with Crippen molar-refractivity contribution in [3.8, 4) is 0 Å². The minimum absolute atomic E-state index is 0.110. The molecular weight excluding hydrogens is 212 g/mol. The summed E-state index contributed by atoms with van der Waals surface area (Å²) in [5, 5.41) is 9.05.